The van der Waals surface area contributed by atoms with E-state index in [9.17, 15) is 13.6 Å². The molecule has 0 saturated heterocycles. The second-order valence-electron chi connectivity index (χ2n) is 6.22. The molecule has 0 radical (unpaired) electrons. The van der Waals surface area contributed by atoms with Crippen molar-refractivity contribution in [1.82, 2.24) is 10.6 Å². The first-order chi connectivity index (χ1) is 10.3. The molecular weight excluding hydrogens is 306 g/mol. The van der Waals surface area contributed by atoms with E-state index in [1.807, 2.05) is 29.6 Å². The van der Waals surface area contributed by atoms with Crippen molar-refractivity contribution in [2.24, 2.45) is 11.3 Å². The molecule has 1 saturated carbocycles. The lowest BCUT2D eigenvalue weighted by molar-refractivity contribution is 0.0668. The molecule has 22 heavy (non-hydrogen) atoms. The molecule has 0 aliphatic heterocycles. The van der Waals surface area contributed by atoms with Crippen molar-refractivity contribution in [3.05, 3.63) is 35.2 Å². The lowest BCUT2D eigenvalue weighted by Gasteiger charge is -2.08. The van der Waals surface area contributed by atoms with Gasteiger partial charge in [-0.15, -0.1) is 11.3 Å². The molecule has 2 N–H and O–H groups in total. The minimum atomic E-state index is -2.69. The Bertz CT molecular complexity index is 697. The second kappa shape index (κ2) is 5.19. The van der Waals surface area contributed by atoms with Crippen LogP contribution in [-0.4, -0.2) is 18.5 Å². The highest BCUT2D eigenvalue weighted by Gasteiger charge is 2.74. The van der Waals surface area contributed by atoms with Gasteiger partial charge in [0.2, 0.25) is 0 Å². The lowest BCUT2D eigenvalue weighted by Crippen LogP contribution is -2.37. The maximum Gasteiger partial charge on any atom is 0.315 e. The maximum atomic E-state index is 13.4. The van der Waals surface area contributed by atoms with Crippen LogP contribution in [0.2, 0.25) is 0 Å². The van der Waals surface area contributed by atoms with Gasteiger partial charge >= 0.3 is 6.03 Å². The first-order valence-corrected chi connectivity index (χ1v) is 8.06. The number of nitrogens with one attached hydrogen (secondary N) is 2. The Morgan fingerprint density at radius 3 is 2.68 bits per heavy atom. The van der Waals surface area contributed by atoms with Crippen LogP contribution in [0.25, 0.3) is 10.1 Å². The molecule has 1 aliphatic carbocycles. The number of urea groups is 1. The van der Waals surface area contributed by atoms with Gasteiger partial charge in [-0.3, -0.25) is 0 Å². The van der Waals surface area contributed by atoms with E-state index in [1.165, 1.54) is 13.8 Å². The topological polar surface area (TPSA) is 41.1 Å². The number of carbonyl (C=O) groups is 1. The molecule has 1 aromatic carbocycles. The van der Waals surface area contributed by atoms with E-state index < -0.39 is 23.3 Å². The average molecular weight is 324 g/mol. The number of fused-ring (bicyclic) bond motifs is 1. The van der Waals surface area contributed by atoms with E-state index in [2.05, 4.69) is 10.6 Å². The highest BCUT2D eigenvalue weighted by atomic mass is 32.1. The summed E-state index contributed by atoms with van der Waals surface area (Å²) in [5.41, 5.74) is 0.00257. The molecule has 1 heterocycles. The average Bonchev–Trinajstić information content (AvgIpc) is 2.84. The summed E-state index contributed by atoms with van der Waals surface area (Å²) in [7, 11) is 0. The summed E-state index contributed by atoms with van der Waals surface area (Å²) in [5.74, 6) is -3.48. The van der Waals surface area contributed by atoms with Crippen LogP contribution < -0.4 is 10.6 Å². The van der Waals surface area contributed by atoms with E-state index in [1.54, 1.807) is 11.3 Å². The quantitative estimate of drug-likeness (QED) is 0.877. The molecule has 1 fully saturated rings. The van der Waals surface area contributed by atoms with Crippen LogP contribution in [-0.2, 0) is 6.54 Å². The zero-order valence-corrected chi connectivity index (χ0v) is 13.3. The van der Waals surface area contributed by atoms with Gasteiger partial charge in [0.1, 0.15) is 0 Å². The number of amides is 2. The Morgan fingerprint density at radius 2 is 2.00 bits per heavy atom. The minimum absolute atomic E-state index is 0.00492. The van der Waals surface area contributed by atoms with Gasteiger partial charge in [0.05, 0.1) is 5.92 Å². The van der Waals surface area contributed by atoms with Gasteiger partial charge in [-0.2, -0.15) is 0 Å². The number of hydrogen-bond acceptors (Lipinski definition) is 2. The molecule has 0 spiro atoms. The fourth-order valence-corrected chi connectivity index (χ4v) is 3.68. The van der Waals surface area contributed by atoms with E-state index in [-0.39, 0.29) is 6.54 Å². The molecule has 3 nitrogen and oxygen atoms in total. The van der Waals surface area contributed by atoms with Gasteiger partial charge in [-0.1, -0.05) is 32.0 Å². The Labute approximate surface area is 131 Å². The van der Waals surface area contributed by atoms with Crippen LogP contribution in [0.5, 0.6) is 0 Å². The smallest absolute Gasteiger partial charge is 0.315 e. The van der Waals surface area contributed by atoms with Crippen molar-refractivity contribution in [2.45, 2.75) is 26.3 Å². The molecule has 1 unspecified atom stereocenters. The van der Waals surface area contributed by atoms with E-state index in [4.69, 9.17) is 0 Å². The fraction of sp³-hybridized carbons (Fsp3) is 0.438. The Balaban J connectivity index is 1.52. The summed E-state index contributed by atoms with van der Waals surface area (Å²) in [4.78, 5) is 11.8. The summed E-state index contributed by atoms with van der Waals surface area (Å²) in [6.07, 6.45) is 0. The number of halogens is 2. The fourth-order valence-electron chi connectivity index (χ4n) is 2.77. The molecule has 2 amide bonds. The van der Waals surface area contributed by atoms with Crippen molar-refractivity contribution < 1.29 is 13.6 Å². The highest BCUT2D eigenvalue weighted by molar-refractivity contribution is 7.17. The molecule has 3 rings (SSSR count). The Hall–Kier alpha value is -1.69. The molecular formula is C16H18F2N2OS. The molecule has 6 heteroatoms. The predicted molar refractivity (Wildman–Crippen MR) is 84.3 cm³/mol. The van der Waals surface area contributed by atoms with E-state index in [0.29, 0.717) is 6.54 Å². The molecule has 1 aliphatic rings. The number of benzene rings is 1. The summed E-state index contributed by atoms with van der Waals surface area (Å²) in [5, 5.41) is 8.42. The van der Waals surface area contributed by atoms with Crippen molar-refractivity contribution in [3.63, 3.8) is 0 Å². The maximum absolute atomic E-state index is 13.4. The zero-order valence-electron chi connectivity index (χ0n) is 12.5. The van der Waals surface area contributed by atoms with Crippen LogP contribution in [0, 0.1) is 11.3 Å². The number of carbonyl (C=O) groups excluding carboxylic acids is 1. The summed E-state index contributed by atoms with van der Waals surface area (Å²) < 4.78 is 28.0. The number of rotatable bonds is 4. The van der Waals surface area contributed by atoms with Crippen molar-refractivity contribution in [3.8, 4) is 0 Å². The van der Waals surface area contributed by atoms with Gasteiger partial charge in [-0.05, 0) is 22.4 Å². The van der Waals surface area contributed by atoms with Crippen LogP contribution in [0.3, 0.4) is 0 Å². The van der Waals surface area contributed by atoms with Crippen molar-refractivity contribution in [2.75, 3.05) is 6.54 Å². The third-order valence-electron chi connectivity index (χ3n) is 4.55. The van der Waals surface area contributed by atoms with Gasteiger partial charge in [0, 0.05) is 23.2 Å². The molecule has 1 atom stereocenters. The minimum Gasteiger partial charge on any atom is -0.338 e. The van der Waals surface area contributed by atoms with Crippen LogP contribution in [0.4, 0.5) is 13.6 Å². The summed E-state index contributed by atoms with van der Waals surface area (Å²) in [6, 6.07) is 7.54. The van der Waals surface area contributed by atoms with Gasteiger partial charge in [0.25, 0.3) is 5.92 Å². The van der Waals surface area contributed by atoms with Gasteiger partial charge in [0.15, 0.2) is 0 Å². The van der Waals surface area contributed by atoms with E-state index in [0.717, 1.165) is 15.6 Å². The first-order valence-electron chi connectivity index (χ1n) is 7.18. The Kier molecular flexibility index (Phi) is 3.59. The van der Waals surface area contributed by atoms with Crippen molar-refractivity contribution in [1.29, 1.82) is 0 Å². The Morgan fingerprint density at radius 1 is 1.27 bits per heavy atom. The molecule has 1 aromatic heterocycles. The predicted octanol–water partition coefficient (Wildman–Crippen LogP) is 3.99. The highest BCUT2D eigenvalue weighted by Crippen LogP contribution is 2.65. The largest absolute Gasteiger partial charge is 0.338 e. The molecule has 118 valence electrons. The lowest BCUT2D eigenvalue weighted by atomic mass is 10.1. The second-order valence-corrected chi connectivity index (χ2v) is 7.13. The van der Waals surface area contributed by atoms with Crippen LogP contribution in [0.1, 0.15) is 19.4 Å². The number of hydrogen-bond donors (Lipinski definition) is 2. The van der Waals surface area contributed by atoms with Crippen molar-refractivity contribution >= 4 is 27.5 Å². The summed E-state index contributed by atoms with van der Waals surface area (Å²) >= 11 is 1.62. The van der Waals surface area contributed by atoms with E-state index >= 15 is 0 Å². The SMILES string of the molecule is CC1(C)C(CNC(=O)NCc2cccc3ccsc23)C1(F)F. The number of alkyl halides is 2. The van der Waals surface area contributed by atoms with Gasteiger partial charge < -0.3 is 10.6 Å². The molecule has 0 bridgehead atoms. The van der Waals surface area contributed by atoms with Gasteiger partial charge in [-0.25, -0.2) is 13.6 Å². The first kappa shape index (κ1) is 15.2. The zero-order chi connectivity index (χ0) is 16.0. The summed E-state index contributed by atoms with van der Waals surface area (Å²) in [6.45, 7) is 3.42. The van der Waals surface area contributed by atoms with Crippen LogP contribution >= 0.6 is 11.3 Å². The molecule has 2 aromatic rings. The monoisotopic (exact) mass is 324 g/mol. The normalized spacial score (nSPS) is 21.5. The third kappa shape index (κ3) is 2.45. The van der Waals surface area contributed by atoms with Crippen LogP contribution in [0.15, 0.2) is 29.6 Å². The third-order valence-corrected chi connectivity index (χ3v) is 5.56. The standard InChI is InChI=1S/C16H18F2N2OS/c1-15(2)12(16(15,17)18)9-20-14(21)19-8-11-5-3-4-10-6-7-22-13(10)11/h3-7,12H,8-9H2,1-2H3,(H2,19,20,21). The number of thiophene rings is 1.